The Kier molecular flexibility index (Phi) is 6.98. The lowest BCUT2D eigenvalue weighted by atomic mass is 10.1. The van der Waals surface area contributed by atoms with Gasteiger partial charge in [-0.1, -0.05) is 0 Å². The van der Waals surface area contributed by atoms with Gasteiger partial charge in [0.15, 0.2) is 5.76 Å². The van der Waals surface area contributed by atoms with Crippen LogP contribution < -0.4 is 15.5 Å². The zero-order chi connectivity index (χ0) is 26.0. The predicted octanol–water partition coefficient (Wildman–Crippen LogP) is 3.05. The van der Waals surface area contributed by atoms with Crippen molar-refractivity contribution < 1.29 is 27.1 Å². The van der Waals surface area contributed by atoms with E-state index in [4.69, 9.17) is 9.15 Å². The molecule has 2 aliphatic rings. The van der Waals surface area contributed by atoms with E-state index in [2.05, 4.69) is 30.5 Å². The number of hydrogen-bond acceptors (Lipinski definition) is 9. The van der Waals surface area contributed by atoms with Crippen molar-refractivity contribution >= 4 is 23.6 Å². The van der Waals surface area contributed by atoms with Crippen LogP contribution in [0.3, 0.4) is 0 Å². The molecule has 13 heteroatoms. The first-order valence-corrected chi connectivity index (χ1v) is 11.9. The smallest absolute Gasteiger partial charge is 0.423 e. The van der Waals surface area contributed by atoms with Crippen LogP contribution in [0.1, 0.15) is 18.2 Å². The average molecular weight is 518 g/mol. The van der Waals surface area contributed by atoms with Crippen LogP contribution in [-0.4, -0.2) is 71.2 Å². The lowest BCUT2D eigenvalue weighted by molar-refractivity contribution is -0.141. The van der Waals surface area contributed by atoms with Gasteiger partial charge in [-0.15, -0.1) is 0 Å². The molecule has 5 rings (SSSR count). The SMILES string of the molecule is CC1C(=O)NCCN1c1ncc(-c2cc(CN3CCOCC3)cc(Nc3nccc(C(F)(F)F)n3)c2)o1. The summed E-state index contributed by atoms with van der Waals surface area (Å²) in [4.78, 5) is 28.0. The van der Waals surface area contributed by atoms with Crippen molar-refractivity contribution in [3.8, 4) is 11.3 Å². The largest absolute Gasteiger partial charge is 0.433 e. The van der Waals surface area contributed by atoms with E-state index in [0.717, 1.165) is 30.9 Å². The molecular weight excluding hydrogens is 491 g/mol. The Morgan fingerprint density at radius 1 is 1.16 bits per heavy atom. The number of hydrogen-bond donors (Lipinski definition) is 2. The molecule has 1 atom stereocenters. The van der Waals surface area contributed by atoms with Gasteiger partial charge in [-0.2, -0.15) is 13.2 Å². The molecule has 0 saturated carbocycles. The highest BCUT2D eigenvalue weighted by molar-refractivity contribution is 5.85. The van der Waals surface area contributed by atoms with Crippen molar-refractivity contribution in [1.29, 1.82) is 0 Å². The maximum absolute atomic E-state index is 13.1. The number of rotatable bonds is 6. The van der Waals surface area contributed by atoms with Gasteiger partial charge < -0.3 is 24.7 Å². The lowest BCUT2D eigenvalue weighted by Crippen LogP contribution is -2.54. The van der Waals surface area contributed by atoms with Gasteiger partial charge in [0.2, 0.25) is 11.9 Å². The van der Waals surface area contributed by atoms with Crippen molar-refractivity contribution in [3.05, 3.63) is 47.9 Å². The van der Waals surface area contributed by atoms with Gasteiger partial charge in [0, 0.05) is 50.2 Å². The van der Waals surface area contributed by atoms with E-state index in [1.807, 2.05) is 12.1 Å². The normalized spacial score (nSPS) is 19.1. The fourth-order valence-corrected chi connectivity index (χ4v) is 4.30. The topological polar surface area (TPSA) is 109 Å². The van der Waals surface area contributed by atoms with Gasteiger partial charge in [0.1, 0.15) is 11.7 Å². The number of oxazole rings is 1. The van der Waals surface area contributed by atoms with Crippen molar-refractivity contribution in [3.63, 3.8) is 0 Å². The minimum absolute atomic E-state index is 0.105. The third-order valence-electron chi connectivity index (χ3n) is 6.23. The monoisotopic (exact) mass is 517 g/mol. The molecule has 3 aromatic rings. The van der Waals surface area contributed by atoms with Crippen molar-refractivity contribution in [2.75, 3.05) is 49.6 Å². The summed E-state index contributed by atoms with van der Waals surface area (Å²) in [6.07, 6.45) is -1.94. The summed E-state index contributed by atoms with van der Waals surface area (Å²) < 4.78 is 50.9. The number of amides is 1. The van der Waals surface area contributed by atoms with Gasteiger partial charge in [0.05, 0.1) is 19.4 Å². The van der Waals surface area contributed by atoms with Gasteiger partial charge in [-0.3, -0.25) is 9.69 Å². The van der Waals surface area contributed by atoms with Crippen LogP contribution in [-0.2, 0) is 22.3 Å². The standard InChI is InChI=1S/C24H26F3N7O3/c1-15-21(35)28-4-5-34(15)23-30-13-19(37-23)17-10-16(14-33-6-8-36-9-7-33)11-18(12-17)31-22-29-3-2-20(32-22)24(25,26)27/h2-3,10-13,15H,4-9,14H2,1H3,(H,28,35)(H,29,31,32). The Morgan fingerprint density at radius 3 is 2.76 bits per heavy atom. The maximum Gasteiger partial charge on any atom is 0.433 e. The molecule has 0 aliphatic carbocycles. The first-order chi connectivity index (χ1) is 17.8. The molecule has 2 saturated heterocycles. The van der Waals surface area contributed by atoms with Crippen molar-refractivity contribution in [2.24, 2.45) is 0 Å². The summed E-state index contributed by atoms with van der Waals surface area (Å²) in [7, 11) is 0. The summed E-state index contributed by atoms with van der Waals surface area (Å²) in [5, 5.41) is 5.70. The first-order valence-electron chi connectivity index (χ1n) is 11.9. The van der Waals surface area contributed by atoms with Crippen LogP contribution in [0.25, 0.3) is 11.3 Å². The van der Waals surface area contributed by atoms with Gasteiger partial charge in [-0.05, 0) is 36.8 Å². The van der Waals surface area contributed by atoms with Crippen molar-refractivity contribution in [2.45, 2.75) is 25.7 Å². The summed E-state index contributed by atoms with van der Waals surface area (Å²) >= 11 is 0. The first kappa shape index (κ1) is 25.0. The Labute approximate surface area is 210 Å². The average Bonchev–Trinajstić information content (AvgIpc) is 3.36. The number of carbonyl (C=O) groups excluding carboxylic acids is 1. The van der Waals surface area contributed by atoms with Crippen LogP contribution >= 0.6 is 0 Å². The molecule has 4 heterocycles. The third kappa shape index (κ3) is 5.83. The number of alkyl halides is 3. The molecule has 1 amide bonds. The van der Waals surface area contributed by atoms with Gasteiger partial charge in [0.25, 0.3) is 6.01 Å². The van der Waals surface area contributed by atoms with Gasteiger partial charge >= 0.3 is 6.18 Å². The summed E-state index contributed by atoms with van der Waals surface area (Å²) in [5.74, 6) is 0.187. The molecule has 196 valence electrons. The number of morpholine rings is 1. The highest BCUT2D eigenvalue weighted by atomic mass is 19.4. The highest BCUT2D eigenvalue weighted by Crippen LogP contribution is 2.32. The number of piperazine rings is 1. The Bertz CT molecular complexity index is 1260. The fourth-order valence-electron chi connectivity index (χ4n) is 4.30. The van der Waals surface area contributed by atoms with E-state index in [1.165, 1.54) is 0 Å². The second-order valence-corrected chi connectivity index (χ2v) is 8.86. The van der Waals surface area contributed by atoms with E-state index < -0.39 is 17.9 Å². The second-order valence-electron chi connectivity index (χ2n) is 8.86. The molecule has 2 aliphatic heterocycles. The van der Waals surface area contributed by atoms with Crippen LogP contribution in [0, 0.1) is 0 Å². The summed E-state index contributed by atoms with van der Waals surface area (Å²) in [5.41, 5.74) is 1.06. The Hall–Kier alpha value is -3.71. The molecule has 2 aromatic heterocycles. The second kappa shape index (κ2) is 10.3. The molecule has 0 radical (unpaired) electrons. The zero-order valence-electron chi connectivity index (χ0n) is 20.1. The van der Waals surface area contributed by atoms with E-state index in [0.29, 0.717) is 55.9 Å². The molecule has 0 spiro atoms. The van der Waals surface area contributed by atoms with Crippen LogP contribution in [0.2, 0.25) is 0 Å². The number of benzene rings is 1. The maximum atomic E-state index is 13.1. The highest BCUT2D eigenvalue weighted by Gasteiger charge is 2.33. The zero-order valence-corrected chi connectivity index (χ0v) is 20.1. The number of halogens is 3. The van der Waals surface area contributed by atoms with E-state index >= 15 is 0 Å². The number of aromatic nitrogens is 3. The van der Waals surface area contributed by atoms with Crippen LogP contribution in [0.15, 0.2) is 41.1 Å². The number of ether oxygens (including phenoxy) is 1. The van der Waals surface area contributed by atoms with E-state index in [9.17, 15) is 18.0 Å². The predicted molar refractivity (Wildman–Crippen MR) is 128 cm³/mol. The molecule has 2 N–H and O–H groups in total. The van der Waals surface area contributed by atoms with E-state index in [1.54, 1.807) is 24.1 Å². The van der Waals surface area contributed by atoms with Gasteiger partial charge in [-0.25, -0.2) is 15.0 Å². The number of anilines is 3. The summed E-state index contributed by atoms with van der Waals surface area (Å²) in [6.45, 7) is 6.24. The molecule has 1 unspecified atom stereocenters. The Balaban J connectivity index is 1.45. The minimum Gasteiger partial charge on any atom is -0.423 e. The summed E-state index contributed by atoms with van der Waals surface area (Å²) in [6, 6.07) is 6.25. The molecule has 1 aromatic carbocycles. The van der Waals surface area contributed by atoms with Crippen LogP contribution in [0.5, 0.6) is 0 Å². The minimum atomic E-state index is -4.58. The molecule has 37 heavy (non-hydrogen) atoms. The number of nitrogens with one attached hydrogen (secondary N) is 2. The van der Waals surface area contributed by atoms with Crippen molar-refractivity contribution in [1.82, 2.24) is 25.2 Å². The fraction of sp³-hybridized carbons (Fsp3) is 0.417. The lowest BCUT2D eigenvalue weighted by Gasteiger charge is -2.31. The third-order valence-corrected chi connectivity index (χ3v) is 6.23. The van der Waals surface area contributed by atoms with Crippen LogP contribution in [0.4, 0.5) is 30.8 Å². The molecule has 0 bridgehead atoms. The Morgan fingerprint density at radius 2 is 1.97 bits per heavy atom. The number of carbonyl (C=O) groups is 1. The molecular formula is C24H26F3N7O3. The molecule has 2 fully saturated rings. The van der Waals surface area contributed by atoms with E-state index in [-0.39, 0.29) is 11.9 Å². The molecule has 10 nitrogen and oxygen atoms in total. The number of nitrogens with zero attached hydrogens (tertiary/aromatic N) is 5. The quantitative estimate of drug-likeness (QED) is 0.510.